The van der Waals surface area contributed by atoms with Crippen LogP contribution >= 0.6 is 0 Å². The summed E-state index contributed by atoms with van der Waals surface area (Å²) in [6, 6.07) is 2.67. The number of aliphatic hydroxyl groups is 2. The number of anilines is 1. The fourth-order valence-corrected chi connectivity index (χ4v) is 2.23. The van der Waals surface area contributed by atoms with Gasteiger partial charge in [0.05, 0.1) is 19.8 Å². The van der Waals surface area contributed by atoms with Crippen molar-refractivity contribution in [2.75, 3.05) is 25.6 Å². The number of methoxy groups -OCH3 is 1. The highest BCUT2D eigenvalue weighted by molar-refractivity contribution is 7.86. The quantitative estimate of drug-likeness (QED) is 0.546. The fourth-order valence-electron chi connectivity index (χ4n) is 1.51. The molecule has 1 rings (SSSR count). The summed E-state index contributed by atoms with van der Waals surface area (Å²) in [6.45, 7) is 1.36. The molecule has 7 nitrogen and oxygen atoms in total. The number of aryl methyl sites for hydroxylation is 1. The molecular formula is C11H17NO6S. The van der Waals surface area contributed by atoms with Gasteiger partial charge < -0.3 is 20.3 Å². The van der Waals surface area contributed by atoms with Crippen LogP contribution in [-0.4, -0.2) is 49.5 Å². The molecule has 0 aliphatic rings. The van der Waals surface area contributed by atoms with Crippen molar-refractivity contribution in [1.82, 2.24) is 0 Å². The van der Waals surface area contributed by atoms with Gasteiger partial charge in [0.2, 0.25) is 0 Å². The van der Waals surface area contributed by atoms with E-state index in [2.05, 4.69) is 5.32 Å². The van der Waals surface area contributed by atoms with Gasteiger partial charge in [-0.2, -0.15) is 8.42 Å². The van der Waals surface area contributed by atoms with E-state index < -0.39 is 16.2 Å². The Labute approximate surface area is 111 Å². The molecule has 0 saturated carbocycles. The van der Waals surface area contributed by atoms with Crippen LogP contribution in [0.5, 0.6) is 5.75 Å². The first-order valence-corrected chi connectivity index (χ1v) is 6.92. The lowest BCUT2D eigenvalue weighted by Crippen LogP contribution is -2.23. The van der Waals surface area contributed by atoms with Gasteiger partial charge in [-0.25, -0.2) is 0 Å². The fraction of sp³-hybridized carbons (Fsp3) is 0.455. The molecule has 1 aromatic rings. The van der Waals surface area contributed by atoms with Crippen LogP contribution in [0.2, 0.25) is 0 Å². The third-order valence-electron chi connectivity index (χ3n) is 2.53. The molecule has 19 heavy (non-hydrogen) atoms. The zero-order valence-electron chi connectivity index (χ0n) is 10.6. The Hall–Kier alpha value is -1.35. The van der Waals surface area contributed by atoms with Gasteiger partial charge in [-0.3, -0.25) is 4.55 Å². The van der Waals surface area contributed by atoms with Gasteiger partial charge in [0.1, 0.15) is 10.6 Å². The number of hydrogen-bond donors (Lipinski definition) is 4. The first kappa shape index (κ1) is 15.7. The summed E-state index contributed by atoms with van der Waals surface area (Å²) in [7, 11) is -3.08. The second kappa shape index (κ2) is 6.20. The predicted octanol–water partition coefficient (Wildman–Crippen LogP) is 0.0154. The Morgan fingerprint density at radius 3 is 2.53 bits per heavy atom. The maximum atomic E-state index is 11.2. The predicted molar refractivity (Wildman–Crippen MR) is 69.1 cm³/mol. The first-order chi connectivity index (χ1) is 8.79. The van der Waals surface area contributed by atoms with Crippen molar-refractivity contribution < 1.29 is 27.9 Å². The molecule has 0 saturated heterocycles. The lowest BCUT2D eigenvalue weighted by atomic mass is 10.2. The smallest absolute Gasteiger partial charge is 0.298 e. The van der Waals surface area contributed by atoms with Crippen molar-refractivity contribution in [2.45, 2.75) is 17.9 Å². The topological polar surface area (TPSA) is 116 Å². The van der Waals surface area contributed by atoms with Gasteiger partial charge >= 0.3 is 0 Å². The van der Waals surface area contributed by atoms with Crippen LogP contribution in [0.15, 0.2) is 17.0 Å². The van der Waals surface area contributed by atoms with E-state index in [0.29, 0.717) is 11.3 Å². The highest BCUT2D eigenvalue weighted by Crippen LogP contribution is 2.30. The van der Waals surface area contributed by atoms with Gasteiger partial charge in [0, 0.05) is 18.3 Å². The molecule has 0 fully saturated rings. The molecule has 1 unspecified atom stereocenters. The van der Waals surface area contributed by atoms with E-state index in [4.69, 9.17) is 14.4 Å². The molecular weight excluding hydrogens is 274 g/mol. The van der Waals surface area contributed by atoms with Gasteiger partial charge in [-0.05, 0) is 18.6 Å². The van der Waals surface area contributed by atoms with Crippen molar-refractivity contribution >= 4 is 15.8 Å². The third-order valence-corrected chi connectivity index (χ3v) is 3.40. The molecule has 8 heteroatoms. The number of hydrogen-bond acceptors (Lipinski definition) is 6. The molecule has 1 aromatic carbocycles. The molecule has 0 aliphatic carbocycles. The average Bonchev–Trinajstić information content (AvgIpc) is 2.35. The lowest BCUT2D eigenvalue weighted by molar-refractivity contribution is 0.105. The molecule has 0 radical (unpaired) electrons. The van der Waals surface area contributed by atoms with Crippen LogP contribution in [0.4, 0.5) is 5.69 Å². The third kappa shape index (κ3) is 4.06. The zero-order chi connectivity index (χ0) is 14.6. The molecule has 0 amide bonds. The highest BCUT2D eigenvalue weighted by atomic mass is 32.2. The molecule has 0 aromatic heterocycles. The maximum absolute atomic E-state index is 11.2. The minimum Gasteiger partial charge on any atom is -0.495 e. The summed E-state index contributed by atoms with van der Waals surface area (Å²) in [5.41, 5.74) is 1.09. The van der Waals surface area contributed by atoms with Crippen LogP contribution in [0, 0.1) is 6.92 Å². The van der Waals surface area contributed by atoms with E-state index in [9.17, 15) is 13.5 Å². The summed E-state index contributed by atoms with van der Waals surface area (Å²) < 4.78 is 36.3. The van der Waals surface area contributed by atoms with Gasteiger partial charge in [0.15, 0.2) is 0 Å². The minimum absolute atomic E-state index is 0.00547. The van der Waals surface area contributed by atoms with E-state index in [1.807, 2.05) is 0 Å². The van der Waals surface area contributed by atoms with Crippen molar-refractivity contribution in [2.24, 2.45) is 0 Å². The first-order valence-electron chi connectivity index (χ1n) is 5.48. The van der Waals surface area contributed by atoms with Gasteiger partial charge in [-0.1, -0.05) is 0 Å². The highest BCUT2D eigenvalue weighted by Gasteiger charge is 2.18. The molecule has 108 valence electrons. The van der Waals surface area contributed by atoms with Crippen molar-refractivity contribution in [1.29, 1.82) is 0 Å². The standard InChI is InChI=1S/C11H17NO6S/c1-7-3-11(19(15,16)17)10(18-2)4-9(7)12-5-8(14)6-13/h3-4,8,12-14H,5-6H2,1-2H3,(H,15,16,17). The zero-order valence-corrected chi connectivity index (χ0v) is 11.4. The average molecular weight is 291 g/mol. The molecule has 0 bridgehead atoms. The lowest BCUT2D eigenvalue weighted by Gasteiger charge is -2.15. The van der Waals surface area contributed by atoms with E-state index in [-0.39, 0.29) is 23.8 Å². The van der Waals surface area contributed by atoms with Crippen molar-refractivity contribution in [3.05, 3.63) is 17.7 Å². The second-order valence-corrected chi connectivity index (χ2v) is 5.40. The number of rotatable bonds is 6. The largest absolute Gasteiger partial charge is 0.495 e. The van der Waals surface area contributed by atoms with E-state index >= 15 is 0 Å². The molecule has 0 heterocycles. The Morgan fingerprint density at radius 1 is 1.42 bits per heavy atom. The molecule has 0 spiro atoms. The van der Waals surface area contributed by atoms with E-state index in [1.54, 1.807) is 6.92 Å². The van der Waals surface area contributed by atoms with Crippen LogP contribution in [0.25, 0.3) is 0 Å². The molecule has 0 aliphatic heterocycles. The van der Waals surface area contributed by atoms with E-state index in [1.165, 1.54) is 19.2 Å². The summed E-state index contributed by atoms with van der Waals surface area (Å²) in [4.78, 5) is -0.319. The van der Waals surface area contributed by atoms with Gasteiger partial charge in [0.25, 0.3) is 10.1 Å². The number of benzene rings is 1. The van der Waals surface area contributed by atoms with Gasteiger partial charge in [-0.15, -0.1) is 0 Å². The normalized spacial score (nSPS) is 13.1. The molecule has 1 atom stereocenters. The SMILES string of the molecule is COc1cc(NCC(O)CO)c(C)cc1S(=O)(=O)O. The molecule has 4 N–H and O–H groups in total. The second-order valence-electron chi connectivity index (χ2n) is 4.01. The number of aliphatic hydroxyl groups excluding tert-OH is 2. The summed E-state index contributed by atoms with van der Waals surface area (Å²) in [6.07, 6.45) is -0.924. The van der Waals surface area contributed by atoms with Crippen LogP contribution in [0.1, 0.15) is 5.56 Å². The van der Waals surface area contributed by atoms with Crippen molar-refractivity contribution in [3.8, 4) is 5.75 Å². The Morgan fingerprint density at radius 2 is 2.05 bits per heavy atom. The minimum atomic E-state index is -4.36. The van der Waals surface area contributed by atoms with Crippen LogP contribution in [0.3, 0.4) is 0 Å². The summed E-state index contributed by atoms with van der Waals surface area (Å²) >= 11 is 0. The van der Waals surface area contributed by atoms with Crippen molar-refractivity contribution in [3.63, 3.8) is 0 Å². The number of nitrogens with one attached hydrogen (secondary N) is 1. The van der Waals surface area contributed by atoms with Crippen LogP contribution in [-0.2, 0) is 10.1 Å². The van der Waals surface area contributed by atoms with Crippen LogP contribution < -0.4 is 10.1 Å². The maximum Gasteiger partial charge on any atom is 0.298 e. The Kier molecular flexibility index (Phi) is 5.12. The Bertz CT molecular complexity index is 542. The van der Waals surface area contributed by atoms with E-state index in [0.717, 1.165) is 0 Å². The monoisotopic (exact) mass is 291 g/mol. The Balaban J connectivity index is 3.10. The summed E-state index contributed by atoms with van der Waals surface area (Å²) in [5.74, 6) is -0.00547. The summed E-state index contributed by atoms with van der Waals surface area (Å²) in [5, 5.41) is 20.8. The number of ether oxygens (including phenoxy) is 1.